The Labute approximate surface area is 458 Å². The van der Waals surface area contributed by atoms with E-state index in [-0.39, 0.29) is 5.75 Å². The first-order valence-corrected chi connectivity index (χ1v) is 28.0. The molecule has 4 heteroatoms. The normalized spacial score (nSPS) is 12.9. The second-order valence-electron chi connectivity index (χ2n) is 21.8. The molecule has 1 aliphatic carbocycles. The SMILES string of the molecule is CCc1ccccc1-c1cccc(-c2cccc(N(c3cccc(C(C)C)c3)c3ccc4ccc5c(N(C6=CCCC(C(C)C)=C6)c6cccc7c6oc6c(-c8ccccc8CC)cccc67)ccc6ccc3c4c65)c2O)c1. The molecule has 0 bridgehead atoms. The molecule has 0 atom stereocenters. The van der Waals surface area contributed by atoms with Gasteiger partial charge in [0, 0.05) is 44.1 Å². The maximum absolute atomic E-state index is 12.9. The molecule has 0 saturated carbocycles. The summed E-state index contributed by atoms with van der Waals surface area (Å²) in [6.45, 7) is 13.5. The van der Waals surface area contributed by atoms with E-state index in [1.165, 1.54) is 49.5 Å². The highest BCUT2D eigenvalue weighted by atomic mass is 16.3. The second-order valence-corrected chi connectivity index (χ2v) is 21.8. The van der Waals surface area contributed by atoms with Crippen LogP contribution in [0, 0.1) is 5.92 Å². The molecule has 0 saturated heterocycles. The van der Waals surface area contributed by atoms with Gasteiger partial charge >= 0.3 is 0 Å². The second kappa shape index (κ2) is 19.9. The van der Waals surface area contributed by atoms with Crippen LogP contribution in [0.2, 0.25) is 0 Å². The van der Waals surface area contributed by atoms with Gasteiger partial charge in [0.05, 0.1) is 22.7 Å². The van der Waals surface area contributed by atoms with Crippen molar-refractivity contribution in [1.29, 1.82) is 0 Å². The third kappa shape index (κ3) is 8.21. The van der Waals surface area contributed by atoms with Crippen LogP contribution < -0.4 is 9.80 Å². The van der Waals surface area contributed by atoms with E-state index in [2.05, 4.69) is 258 Å². The number of aryl methyl sites for hydroxylation is 2. The van der Waals surface area contributed by atoms with Crippen molar-refractivity contribution in [1.82, 2.24) is 0 Å². The Balaban J connectivity index is 1.03. The fourth-order valence-corrected chi connectivity index (χ4v) is 12.5. The number of para-hydroxylation sites is 3. The lowest BCUT2D eigenvalue weighted by Gasteiger charge is -2.31. The third-order valence-electron chi connectivity index (χ3n) is 16.6. The number of phenols is 1. The summed E-state index contributed by atoms with van der Waals surface area (Å²) in [5, 5.41) is 22.0. The Hall–Kier alpha value is -8.86. The van der Waals surface area contributed by atoms with Crippen LogP contribution in [-0.2, 0) is 12.8 Å². The van der Waals surface area contributed by atoms with Crippen molar-refractivity contribution in [2.75, 3.05) is 9.80 Å². The number of allylic oxidation sites excluding steroid dienone is 3. The van der Waals surface area contributed by atoms with E-state index in [1.807, 2.05) is 6.07 Å². The van der Waals surface area contributed by atoms with Gasteiger partial charge in [0.2, 0.25) is 0 Å². The van der Waals surface area contributed by atoms with E-state index in [4.69, 9.17) is 4.42 Å². The van der Waals surface area contributed by atoms with Gasteiger partial charge in [0.1, 0.15) is 11.3 Å². The Kier molecular flexibility index (Phi) is 12.5. The molecular weight excluding hydrogens is 949 g/mol. The summed E-state index contributed by atoms with van der Waals surface area (Å²) in [5.74, 6) is 0.948. The molecule has 0 fully saturated rings. The number of nitrogens with zero attached hydrogens (tertiary/aromatic N) is 2. The largest absolute Gasteiger partial charge is 0.505 e. The van der Waals surface area contributed by atoms with E-state index in [0.717, 1.165) is 114 Å². The summed E-state index contributed by atoms with van der Waals surface area (Å²) in [7, 11) is 0. The molecule has 11 aromatic carbocycles. The number of hydrogen-bond acceptors (Lipinski definition) is 4. The van der Waals surface area contributed by atoms with E-state index in [1.54, 1.807) is 0 Å². The number of anilines is 5. The van der Waals surface area contributed by atoms with E-state index in [0.29, 0.717) is 17.5 Å². The van der Waals surface area contributed by atoms with Gasteiger partial charge in [0.15, 0.2) is 5.58 Å². The summed E-state index contributed by atoms with van der Waals surface area (Å²) in [6.07, 6.45) is 8.72. The van der Waals surface area contributed by atoms with Crippen molar-refractivity contribution in [2.24, 2.45) is 5.92 Å². The van der Waals surface area contributed by atoms with Gasteiger partial charge < -0.3 is 19.3 Å². The number of phenolic OH excluding ortho intramolecular Hbond substituents is 1. The van der Waals surface area contributed by atoms with Crippen LogP contribution in [0.5, 0.6) is 5.75 Å². The van der Waals surface area contributed by atoms with Gasteiger partial charge in [-0.15, -0.1) is 0 Å². The molecule has 1 N–H and O–H groups in total. The van der Waals surface area contributed by atoms with Crippen molar-refractivity contribution in [3.63, 3.8) is 0 Å². The quantitative estimate of drug-likeness (QED) is 0.117. The third-order valence-corrected chi connectivity index (χ3v) is 16.6. The smallest absolute Gasteiger partial charge is 0.159 e. The summed E-state index contributed by atoms with van der Waals surface area (Å²) in [5.41, 5.74) is 19.4. The molecule has 78 heavy (non-hydrogen) atoms. The van der Waals surface area contributed by atoms with E-state index in [9.17, 15) is 5.11 Å². The highest BCUT2D eigenvalue weighted by Crippen LogP contribution is 2.52. The van der Waals surface area contributed by atoms with Gasteiger partial charge in [-0.1, -0.05) is 211 Å². The minimum absolute atomic E-state index is 0.230. The molecule has 4 nitrogen and oxygen atoms in total. The van der Waals surface area contributed by atoms with Gasteiger partial charge in [-0.2, -0.15) is 0 Å². The molecule has 1 aliphatic rings. The fraction of sp³-hybridized carbons (Fsp3) is 0.162. The van der Waals surface area contributed by atoms with Crippen LogP contribution >= 0.6 is 0 Å². The van der Waals surface area contributed by atoms with Crippen molar-refractivity contribution < 1.29 is 9.52 Å². The summed E-state index contributed by atoms with van der Waals surface area (Å²) in [4.78, 5) is 4.75. The van der Waals surface area contributed by atoms with E-state index >= 15 is 0 Å². The fourth-order valence-electron chi connectivity index (χ4n) is 12.5. The first kappa shape index (κ1) is 48.8. The van der Waals surface area contributed by atoms with Crippen molar-refractivity contribution >= 4 is 82.7 Å². The molecule has 382 valence electrons. The molecule has 12 aromatic rings. The van der Waals surface area contributed by atoms with Crippen LogP contribution in [-0.4, -0.2) is 5.11 Å². The topological polar surface area (TPSA) is 39.9 Å². The number of fused-ring (bicyclic) bond motifs is 3. The molecule has 1 aromatic heterocycles. The van der Waals surface area contributed by atoms with Crippen LogP contribution in [0.15, 0.2) is 228 Å². The number of benzene rings is 11. The summed E-state index contributed by atoms with van der Waals surface area (Å²) >= 11 is 0. The molecule has 0 unspecified atom stereocenters. The Morgan fingerprint density at radius 3 is 1.73 bits per heavy atom. The number of aromatic hydroxyl groups is 1. The Morgan fingerprint density at radius 2 is 1.03 bits per heavy atom. The molecule has 0 aliphatic heterocycles. The highest BCUT2D eigenvalue weighted by Gasteiger charge is 2.28. The molecule has 13 rings (SSSR count). The van der Waals surface area contributed by atoms with Crippen LogP contribution in [0.25, 0.3) is 87.6 Å². The van der Waals surface area contributed by atoms with Crippen LogP contribution in [0.4, 0.5) is 28.4 Å². The molecule has 0 spiro atoms. The minimum Gasteiger partial charge on any atom is -0.505 e. The Morgan fingerprint density at radius 1 is 0.462 bits per heavy atom. The lowest BCUT2D eigenvalue weighted by atomic mass is 9.90. The standard InChI is InChI=1S/C74H64N2O2/c1-7-48-19-9-11-27-58(48)54-23-13-24-55(43-54)60-29-17-33-68(72(60)77)75(56-25-14-21-52(44-56)46(3)4)66-41-37-50-36-40-65-67(42-38-51-35-39-64(66)70(50)71(51)65)76(57-26-15-22-53(45-57)47(5)6)69-34-18-32-63-62-31-16-30-61(73(62)78-74(63)69)59-28-12-10-20-49(59)8-2/h9-14,16-21,23-47,77H,7-8,15,22H2,1-6H3. The number of hydrogen-bond donors (Lipinski definition) is 1. The number of rotatable bonds is 13. The average molecular weight is 1010 g/mol. The van der Waals surface area contributed by atoms with Gasteiger partial charge in [-0.05, 0) is 147 Å². The maximum Gasteiger partial charge on any atom is 0.159 e. The number of furan rings is 1. The van der Waals surface area contributed by atoms with Crippen molar-refractivity contribution in [2.45, 2.75) is 73.1 Å². The van der Waals surface area contributed by atoms with Gasteiger partial charge in [0.25, 0.3) is 0 Å². The van der Waals surface area contributed by atoms with Crippen molar-refractivity contribution in [3.05, 3.63) is 240 Å². The zero-order valence-electron chi connectivity index (χ0n) is 45.4. The zero-order chi connectivity index (χ0) is 53.2. The van der Waals surface area contributed by atoms with Crippen molar-refractivity contribution in [3.8, 4) is 39.1 Å². The Bertz CT molecular complexity index is 4340. The van der Waals surface area contributed by atoms with Gasteiger partial charge in [-0.25, -0.2) is 0 Å². The maximum atomic E-state index is 12.9. The van der Waals surface area contributed by atoms with Crippen LogP contribution in [0.3, 0.4) is 0 Å². The predicted octanol–water partition coefficient (Wildman–Crippen LogP) is 21.3. The first-order chi connectivity index (χ1) is 38.2. The zero-order valence-corrected chi connectivity index (χ0v) is 45.4. The molecular formula is C74H64N2O2. The highest BCUT2D eigenvalue weighted by molar-refractivity contribution is 6.28. The first-order valence-electron chi connectivity index (χ1n) is 28.0. The minimum atomic E-state index is 0.230. The van der Waals surface area contributed by atoms with Gasteiger partial charge in [-0.3, -0.25) is 0 Å². The molecule has 0 radical (unpaired) electrons. The average Bonchev–Trinajstić information content (AvgIpc) is 4.04. The van der Waals surface area contributed by atoms with Crippen LogP contribution in [0.1, 0.15) is 77.0 Å². The monoisotopic (exact) mass is 1010 g/mol. The molecule has 1 heterocycles. The van der Waals surface area contributed by atoms with E-state index < -0.39 is 0 Å². The lowest BCUT2D eigenvalue weighted by Crippen LogP contribution is -2.18. The lowest BCUT2D eigenvalue weighted by molar-refractivity contribution is 0.478. The summed E-state index contributed by atoms with van der Waals surface area (Å²) in [6, 6.07) is 72.5. The molecule has 0 amide bonds. The predicted molar refractivity (Wildman–Crippen MR) is 332 cm³/mol. The summed E-state index contributed by atoms with van der Waals surface area (Å²) < 4.78 is 7.28.